The summed E-state index contributed by atoms with van der Waals surface area (Å²) in [5.74, 6) is 0.836. The monoisotopic (exact) mass is 235 g/mol. The molecule has 1 heterocycles. The van der Waals surface area contributed by atoms with Crippen molar-refractivity contribution in [2.75, 3.05) is 6.61 Å². The summed E-state index contributed by atoms with van der Waals surface area (Å²) in [6.07, 6.45) is 0.892. The largest absolute Gasteiger partial charge is 0.494 e. The molecule has 0 radical (unpaired) electrons. The lowest BCUT2D eigenvalue weighted by Gasteiger charge is -2.07. The van der Waals surface area contributed by atoms with Crippen molar-refractivity contribution in [3.63, 3.8) is 0 Å². The van der Waals surface area contributed by atoms with Gasteiger partial charge in [0.2, 0.25) is 0 Å². The zero-order valence-electron chi connectivity index (χ0n) is 9.46. The Balaban J connectivity index is 2.56. The molecule has 1 aromatic heterocycles. The molecule has 16 heavy (non-hydrogen) atoms. The predicted molar refractivity (Wildman–Crippen MR) is 67.3 cm³/mol. The zero-order chi connectivity index (χ0) is 11.5. The molecule has 2 rings (SSSR count). The molecular formula is C13H14ClNO. The highest BCUT2D eigenvalue weighted by molar-refractivity contribution is 6.35. The minimum absolute atomic E-state index is 0.656. The van der Waals surface area contributed by atoms with Crippen LogP contribution in [0.3, 0.4) is 0 Å². The second-order valence-corrected chi connectivity index (χ2v) is 3.97. The molecule has 1 aromatic carbocycles. The number of fused-ring (bicyclic) bond motifs is 1. The number of nitrogens with zero attached hydrogens (tertiary/aromatic N) is 1. The first-order valence-corrected chi connectivity index (χ1v) is 5.84. The number of pyridine rings is 1. The Labute approximate surface area is 100 Å². The molecule has 0 unspecified atom stereocenters. The Hall–Kier alpha value is -1.28. The van der Waals surface area contributed by atoms with Crippen molar-refractivity contribution in [1.82, 2.24) is 4.98 Å². The van der Waals surface area contributed by atoms with E-state index in [0.717, 1.165) is 33.8 Å². The fraction of sp³-hybridized carbons (Fsp3) is 0.308. The van der Waals surface area contributed by atoms with Gasteiger partial charge in [-0.15, -0.1) is 0 Å². The Morgan fingerprint density at radius 3 is 2.75 bits per heavy atom. The fourth-order valence-electron chi connectivity index (χ4n) is 1.65. The van der Waals surface area contributed by atoms with Crippen LogP contribution < -0.4 is 4.74 Å². The number of aromatic nitrogens is 1. The molecule has 0 saturated heterocycles. The molecule has 2 aromatic rings. The summed E-state index contributed by atoms with van der Waals surface area (Å²) in [7, 11) is 0. The van der Waals surface area contributed by atoms with E-state index in [1.54, 1.807) is 0 Å². The van der Waals surface area contributed by atoms with E-state index in [4.69, 9.17) is 16.3 Å². The van der Waals surface area contributed by atoms with Gasteiger partial charge in [-0.3, -0.25) is 4.98 Å². The summed E-state index contributed by atoms with van der Waals surface area (Å²) < 4.78 is 5.44. The Morgan fingerprint density at radius 2 is 2.06 bits per heavy atom. The minimum Gasteiger partial charge on any atom is -0.494 e. The maximum atomic E-state index is 6.22. The molecule has 0 aliphatic carbocycles. The molecule has 0 saturated carbocycles. The third-order valence-electron chi connectivity index (χ3n) is 2.46. The van der Waals surface area contributed by atoms with Gasteiger partial charge in [0.05, 0.1) is 17.1 Å². The molecule has 3 heteroatoms. The molecular weight excluding hydrogens is 222 g/mol. The quantitative estimate of drug-likeness (QED) is 0.806. The number of hydrogen-bond acceptors (Lipinski definition) is 2. The summed E-state index contributed by atoms with van der Waals surface area (Å²) in [4.78, 5) is 4.52. The standard InChI is InChI=1S/C13H14ClNO/c1-3-9-7-12(14)11-8-10(16-4-2)5-6-13(11)15-9/h5-8H,3-4H2,1-2H3. The highest BCUT2D eigenvalue weighted by Gasteiger charge is 2.04. The van der Waals surface area contributed by atoms with Crippen molar-refractivity contribution in [1.29, 1.82) is 0 Å². The van der Waals surface area contributed by atoms with Crippen molar-refractivity contribution in [2.24, 2.45) is 0 Å². The molecule has 84 valence electrons. The molecule has 0 amide bonds. The second kappa shape index (κ2) is 4.71. The SMILES string of the molecule is CCOc1ccc2nc(CC)cc(Cl)c2c1. The van der Waals surface area contributed by atoms with E-state index in [9.17, 15) is 0 Å². The van der Waals surface area contributed by atoms with Crippen LogP contribution in [0.15, 0.2) is 24.3 Å². The van der Waals surface area contributed by atoms with E-state index in [-0.39, 0.29) is 0 Å². The molecule has 0 fully saturated rings. The van der Waals surface area contributed by atoms with Crippen LogP contribution in [0.1, 0.15) is 19.5 Å². The van der Waals surface area contributed by atoms with E-state index >= 15 is 0 Å². The fourth-order valence-corrected chi connectivity index (χ4v) is 1.93. The summed E-state index contributed by atoms with van der Waals surface area (Å²) >= 11 is 6.22. The van der Waals surface area contributed by atoms with Gasteiger partial charge in [-0.05, 0) is 37.6 Å². The molecule has 0 aliphatic rings. The van der Waals surface area contributed by atoms with E-state index in [1.165, 1.54) is 0 Å². The Bertz CT molecular complexity index is 511. The van der Waals surface area contributed by atoms with Crippen LogP contribution in [0.5, 0.6) is 5.75 Å². The lowest BCUT2D eigenvalue weighted by molar-refractivity contribution is 0.340. The molecule has 0 bridgehead atoms. The minimum atomic E-state index is 0.656. The van der Waals surface area contributed by atoms with Gasteiger partial charge < -0.3 is 4.74 Å². The van der Waals surface area contributed by atoms with E-state index in [0.29, 0.717) is 6.61 Å². The first-order chi connectivity index (χ1) is 7.74. The van der Waals surface area contributed by atoms with Crippen LogP contribution in [-0.2, 0) is 6.42 Å². The number of benzene rings is 1. The first kappa shape index (κ1) is 11.2. The van der Waals surface area contributed by atoms with Crippen molar-refractivity contribution < 1.29 is 4.74 Å². The average Bonchev–Trinajstić information content (AvgIpc) is 2.30. The highest BCUT2D eigenvalue weighted by atomic mass is 35.5. The number of ether oxygens (including phenoxy) is 1. The maximum Gasteiger partial charge on any atom is 0.120 e. The molecule has 0 aliphatic heterocycles. The normalized spacial score (nSPS) is 10.7. The van der Waals surface area contributed by atoms with E-state index in [2.05, 4.69) is 11.9 Å². The molecule has 2 nitrogen and oxygen atoms in total. The van der Waals surface area contributed by atoms with Crippen molar-refractivity contribution in [3.05, 3.63) is 35.0 Å². The van der Waals surface area contributed by atoms with Crippen LogP contribution in [0.2, 0.25) is 5.02 Å². The van der Waals surface area contributed by atoms with Crippen molar-refractivity contribution in [3.8, 4) is 5.75 Å². The number of hydrogen-bond donors (Lipinski definition) is 0. The van der Waals surface area contributed by atoms with Crippen LogP contribution in [-0.4, -0.2) is 11.6 Å². The number of halogens is 1. The summed E-state index contributed by atoms with van der Waals surface area (Å²) in [6.45, 7) is 4.69. The van der Waals surface area contributed by atoms with Crippen LogP contribution in [0.4, 0.5) is 0 Å². The van der Waals surface area contributed by atoms with Crippen molar-refractivity contribution in [2.45, 2.75) is 20.3 Å². The van der Waals surface area contributed by atoms with Crippen LogP contribution in [0.25, 0.3) is 10.9 Å². The maximum absolute atomic E-state index is 6.22. The van der Waals surface area contributed by atoms with Crippen LogP contribution >= 0.6 is 11.6 Å². The highest BCUT2D eigenvalue weighted by Crippen LogP contribution is 2.27. The van der Waals surface area contributed by atoms with Gasteiger partial charge in [0.15, 0.2) is 0 Å². The third-order valence-corrected chi connectivity index (χ3v) is 2.77. The predicted octanol–water partition coefficient (Wildman–Crippen LogP) is 3.85. The van der Waals surface area contributed by atoms with Gasteiger partial charge in [-0.2, -0.15) is 0 Å². The zero-order valence-corrected chi connectivity index (χ0v) is 10.2. The van der Waals surface area contributed by atoms with Gasteiger partial charge in [0, 0.05) is 11.1 Å². The topological polar surface area (TPSA) is 22.1 Å². The third kappa shape index (κ3) is 2.12. The lowest BCUT2D eigenvalue weighted by atomic mass is 10.2. The van der Waals surface area contributed by atoms with Crippen LogP contribution in [0, 0.1) is 0 Å². The molecule has 0 spiro atoms. The van der Waals surface area contributed by atoms with Crippen molar-refractivity contribution >= 4 is 22.5 Å². The summed E-state index contributed by atoms with van der Waals surface area (Å²) in [5.41, 5.74) is 1.94. The molecule has 0 N–H and O–H groups in total. The second-order valence-electron chi connectivity index (χ2n) is 3.56. The average molecular weight is 236 g/mol. The number of aryl methyl sites for hydroxylation is 1. The Kier molecular flexibility index (Phi) is 3.30. The van der Waals surface area contributed by atoms with Gasteiger partial charge >= 0.3 is 0 Å². The Morgan fingerprint density at radius 1 is 1.25 bits per heavy atom. The van der Waals surface area contributed by atoms with Gasteiger partial charge in [-0.1, -0.05) is 18.5 Å². The smallest absolute Gasteiger partial charge is 0.120 e. The summed E-state index contributed by atoms with van der Waals surface area (Å²) in [5, 5.41) is 1.69. The van der Waals surface area contributed by atoms with E-state index in [1.807, 2.05) is 31.2 Å². The summed E-state index contributed by atoms with van der Waals surface area (Å²) in [6, 6.07) is 7.73. The van der Waals surface area contributed by atoms with Gasteiger partial charge in [0.25, 0.3) is 0 Å². The molecule has 0 atom stereocenters. The first-order valence-electron chi connectivity index (χ1n) is 5.46. The van der Waals surface area contributed by atoms with Gasteiger partial charge in [0.1, 0.15) is 5.75 Å². The van der Waals surface area contributed by atoms with E-state index < -0.39 is 0 Å². The number of rotatable bonds is 3. The lowest BCUT2D eigenvalue weighted by Crippen LogP contribution is -1.93. The van der Waals surface area contributed by atoms with Gasteiger partial charge in [-0.25, -0.2) is 0 Å².